The number of nitrogens with two attached hydrogens (primary N) is 1. The molecule has 6 nitrogen and oxygen atoms in total. The molecule has 17 heavy (non-hydrogen) atoms. The number of carboxylic acid groups (broad SMARTS) is 1. The summed E-state index contributed by atoms with van der Waals surface area (Å²) in [6.07, 6.45) is 1.53. The van der Waals surface area contributed by atoms with Crippen LogP contribution in [0, 0.1) is 0 Å². The molecular weight excluding hydrogens is 222 g/mol. The molecule has 1 aromatic rings. The molecular formula is C11H15N3O3. The van der Waals surface area contributed by atoms with Crippen molar-refractivity contribution in [1.29, 1.82) is 0 Å². The fourth-order valence-electron chi connectivity index (χ4n) is 1.45. The largest absolute Gasteiger partial charge is 0.481 e. The molecule has 0 spiro atoms. The predicted molar refractivity (Wildman–Crippen MR) is 62.9 cm³/mol. The molecule has 0 aliphatic heterocycles. The van der Waals surface area contributed by atoms with Crippen LogP contribution < -0.4 is 10.6 Å². The molecule has 0 fully saturated rings. The van der Waals surface area contributed by atoms with Crippen LogP contribution in [-0.2, 0) is 4.79 Å². The molecule has 0 bridgehead atoms. The van der Waals surface area contributed by atoms with E-state index in [1.807, 2.05) is 11.8 Å². The van der Waals surface area contributed by atoms with Crippen molar-refractivity contribution in [2.24, 2.45) is 5.73 Å². The third kappa shape index (κ3) is 3.75. The van der Waals surface area contributed by atoms with Crippen LogP contribution in [0.15, 0.2) is 18.3 Å². The predicted octanol–water partition coefficient (Wildman–Crippen LogP) is 0.481. The van der Waals surface area contributed by atoms with Crippen LogP contribution in [0.3, 0.4) is 0 Å². The third-order valence-electron chi connectivity index (χ3n) is 2.34. The maximum absolute atomic E-state index is 11.0. The van der Waals surface area contributed by atoms with Crippen LogP contribution in [-0.4, -0.2) is 35.1 Å². The molecule has 1 rings (SSSR count). The summed E-state index contributed by atoms with van der Waals surface area (Å²) in [5.41, 5.74) is 6.06. The Morgan fingerprint density at radius 2 is 2.24 bits per heavy atom. The number of aliphatic carboxylic acids is 1. The summed E-state index contributed by atoms with van der Waals surface area (Å²) in [6, 6.07) is 3.28. The van der Waals surface area contributed by atoms with Gasteiger partial charge in [0.25, 0.3) is 5.91 Å². The van der Waals surface area contributed by atoms with Crippen LogP contribution in [0.25, 0.3) is 0 Å². The van der Waals surface area contributed by atoms with Crippen LogP contribution in [0.1, 0.15) is 23.8 Å². The average molecular weight is 237 g/mol. The van der Waals surface area contributed by atoms with Gasteiger partial charge in [-0.3, -0.25) is 14.6 Å². The van der Waals surface area contributed by atoms with Crippen LogP contribution in [0.5, 0.6) is 0 Å². The van der Waals surface area contributed by atoms with Gasteiger partial charge in [-0.25, -0.2) is 0 Å². The molecule has 92 valence electrons. The molecule has 1 heterocycles. The van der Waals surface area contributed by atoms with Gasteiger partial charge in [0.1, 0.15) is 5.69 Å². The first-order chi connectivity index (χ1) is 8.04. The van der Waals surface area contributed by atoms with Crippen molar-refractivity contribution in [2.45, 2.75) is 13.3 Å². The fourth-order valence-corrected chi connectivity index (χ4v) is 1.45. The molecule has 0 saturated carbocycles. The van der Waals surface area contributed by atoms with E-state index in [1.165, 1.54) is 6.20 Å². The van der Waals surface area contributed by atoms with E-state index in [0.717, 1.165) is 5.69 Å². The fraction of sp³-hybridized carbons (Fsp3) is 0.364. The van der Waals surface area contributed by atoms with Crippen molar-refractivity contribution < 1.29 is 14.7 Å². The van der Waals surface area contributed by atoms with E-state index in [4.69, 9.17) is 10.8 Å². The number of carboxylic acids is 1. The van der Waals surface area contributed by atoms with E-state index in [0.29, 0.717) is 13.1 Å². The van der Waals surface area contributed by atoms with E-state index >= 15 is 0 Å². The first-order valence-corrected chi connectivity index (χ1v) is 5.27. The Hall–Kier alpha value is -2.11. The second kappa shape index (κ2) is 5.83. The van der Waals surface area contributed by atoms with Gasteiger partial charge >= 0.3 is 5.97 Å². The Bertz CT molecular complexity index is 420. The smallest absolute Gasteiger partial charge is 0.305 e. The Kier molecular flexibility index (Phi) is 4.45. The lowest BCUT2D eigenvalue weighted by Gasteiger charge is -2.22. The van der Waals surface area contributed by atoms with Crippen molar-refractivity contribution in [3.63, 3.8) is 0 Å². The van der Waals surface area contributed by atoms with Crippen molar-refractivity contribution >= 4 is 17.6 Å². The Morgan fingerprint density at radius 1 is 1.53 bits per heavy atom. The molecule has 0 radical (unpaired) electrons. The van der Waals surface area contributed by atoms with Crippen molar-refractivity contribution in [3.8, 4) is 0 Å². The van der Waals surface area contributed by atoms with Crippen LogP contribution >= 0.6 is 0 Å². The number of pyridine rings is 1. The minimum atomic E-state index is -0.854. The minimum absolute atomic E-state index is 0.0437. The SMILES string of the molecule is CCN(CCC(=O)O)c1ccnc(C(N)=O)c1. The number of amides is 1. The van der Waals surface area contributed by atoms with Gasteiger partial charge in [-0.1, -0.05) is 0 Å². The number of carbonyl (C=O) groups excluding carboxylic acids is 1. The van der Waals surface area contributed by atoms with E-state index in [1.54, 1.807) is 12.1 Å². The Labute approximate surface area is 99.1 Å². The van der Waals surface area contributed by atoms with E-state index in [9.17, 15) is 9.59 Å². The molecule has 0 saturated heterocycles. The average Bonchev–Trinajstić information content (AvgIpc) is 2.30. The van der Waals surface area contributed by atoms with Crippen molar-refractivity contribution in [3.05, 3.63) is 24.0 Å². The number of hydrogen-bond donors (Lipinski definition) is 2. The Morgan fingerprint density at radius 3 is 2.76 bits per heavy atom. The highest BCUT2D eigenvalue weighted by Crippen LogP contribution is 2.14. The minimum Gasteiger partial charge on any atom is -0.481 e. The molecule has 0 unspecified atom stereocenters. The maximum atomic E-state index is 11.0. The van der Waals surface area contributed by atoms with Gasteiger partial charge in [-0.05, 0) is 19.1 Å². The molecule has 0 aromatic carbocycles. The second-order valence-electron chi connectivity index (χ2n) is 3.49. The molecule has 6 heteroatoms. The standard InChI is InChI=1S/C11H15N3O3/c1-2-14(6-4-10(15)16)8-3-5-13-9(7-8)11(12)17/h3,5,7H,2,4,6H2,1H3,(H2,12,17)(H,15,16). The van der Waals surface area contributed by atoms with Crippen LogP contribution in [0.2, 0.25) is 0 Å². The zero-order valence-corrected chi connectivity index (χ0v) is 9.59. The summed E-state index contributed by atoms with van der Waals surface area (Å²) >= 11 is 0. The molecule has 1 aromatic heterocycles. The molecule has 1 amide bonds. The first kappa shape index (κ1) is 13.0. The van der Waals surface area contributed by atoms with Gasteiger partial charge in [0.2, 0.25) is 0 Å². The number of primary amides is 1. The zero-order valence-electron chi connectivity index (χ0n) is 9.59. The summed E-state index contributed by atoms with van der Waals surface area (Å²) in [4.78, 5) is 27.2. The number of carbonyl (C=O) groups is 2. The highest BCUT2D eigenvalue weighted by molar-refractivity contribution is 5.91. The van der Waals surface area contributed by atoms with Gasteiger partial charge < -0.3 is 15.7 Å². The molecule has 0 aliphatic rings. The summed E-state index contributed by atoms with van der Waals surface area (Å²) in [7, 11) is 0. The molecule has 3 N–H and O–H groups in total. The quantitative estimate of drug-likeness (QED) is 0.750. The highest BCUT2D eigenvalue weighted by atomic mass is 16.4. The summed E-state index contributed by atoms with van der Waals surface area (Å²) in [5.74, 6) is -1.45. The number of nitrogens with zero attached hydrogens (tertiary/aromatic N) is 2. The van der Waals surface area contributed by atoms with Crippen LogP contribution in [0.4, 0.5) is 5.69 Å². The van der Waals surface area contributed by atoms with E-state index < -0.39 is 11.9 Å². The van der Waals surface area contributed by atoms with E-state index in [-0.39, 0.29) is 12.1 Å². The lowest BCUT2D eigenvalue weighted by Crippen LogP contribution is -2.26. The summed E-state index contributed by atoms with van der Waals surface area (Å²) in [6.45, 7) is 2.94. The van der Waals surface area contributed by atoms with Crippen molar-refractivity contribution in [1.82, 2.24) is 4.98 Å². The van der Waals surface area contributed by atoms with E-state index in [2.05, 4.69) is 4.98 Å². The molecule has 0 aliphatic carbocycles. The Balaban J connectivity index is 2.84. The summed E-state index contributed by atoms with van der Waals surface area (Å²) in [5, 5.41) is 8.63. The normalized spacial score (nSPS) is 9.94. The third-order valence-corrected chi connectivity index (χ3v) is 2.34. The first-order valence-electron chi connectivity index (χ1n) is 5.27. The number of rotatable bonds is 6. The molecule has 0 atom stereocenters. The highest BCUT2D eigenvalue weighted by Gasteiger charge is 2.09. The lowest BCUT2D eigenvalue weighted by molar-refractivity contribution is -0.136. The number of aromatic nitrogens is 1. The van der Waals surface area contributed by atoms with Gasteiger partial charge in [0, 0.05) is 25.0 Å². The van der Waals surface area contributed by atoms with Gasteiger partial charge in [0.15, 0.2) is 0 Å². The van der Waals surface area contributed by atoms with Crippen molar-refractivity contribution in [2.75, 3.05) is 18.0 Å². The summed E-state index contributed by atoms with van der Waals surface area (Å²) < 4.78 is 0. The van der Waals surface area contributed by atoms with Gasteiger partial charge in [0.05, 0.1) is 6.42 Å². The lowest BCUT2D eigenvalue weighted by atomic mass is 10.2. The zero-order chi connectivity index (χ0) is 12.8. The number of anilines is 1. The monoisotopic (exact) mass is 237 g/mol. The van der Waals surface area contributed by atoms with Gasteiger partial charge in [-0.2, -0.15) is 0 Å². The number of hydrogen-bond acceptors (Lipinski definition) is 4. The maximum Gasteiger partial charge on any atom is 0.305 e. The topological polar surface area (TPSA) is 96.5 Å². The second-order valence-corrected chi connectivity index (χ2v) is 3.49. The van der Waals surface area contributed by atoms with Gasteiger partial charge in [-0.15, -0.1) is 0 Å².